The highest BCUT2D eigenvalue weighted by molar-refractivity contribution is 5.91. The Morgan fingerprint density at radius 2 is 1.83 bits per heavy atom. The smallest absolute Gasteiger partial charge is 0.155 e. The predicted molar refractivity (Wildman–Crippen MR) is 90.9 cm³/mol. The van der Waals surface area contributed by atoms with E-state index in [-0.39, 0.29) is 10.8 Å². The topological polar surface area (TPSA) is 34.1 Å². The number of allylic oxidation sites excluding steroid dienone is 1. The Kier molecular flexibility index (Phi) is 3.42. The van der Waals surface area contributed by atoms with Gasteiger partial charge in [0.2, 0.25) is 0 Å². The molecule has 0 N–H and O–H groups in total. The van der Waals surface area contributed by atoms with Gasteiger partial charge < -0.3 is 0 Å². The van der Waals surface area contributed by atoms with Gasteiger partial charge in [-0.15, -0.1) is 0 Å². The van der Waals surface area contributed by atoms with E-state index in [9.17, 15) is 9.59 Å². The molecule has 4 aliphatic rings. The molecule has 4 aliphatic carbocycles. The lowest BCUT2D eigenvalue weighted by molar-refractivity contribution is -0.128. The molecule has 6 atom stereocenters. The third-order valence-electron chi connectivity index (χ3n) is 8.45. The van der Waals surface area contributed by atoms with Gasteiger partial charge in [0.1, 0.15) is 5.78 Å². The maximum Gasteiger partial charge on any atom is 0.155 e. The molecule has 0 saturated heterocycles. The second-order valence-corrected chi connectivity index (χ2v) is 9.25. The van der Waals surface area contributed by atoms with Crippen molar-refractivity contribution in [3.05, 3.63) is 11.6 Å². The Balaban J connectivity index is 1.67. The Bertz CT molecular complexity index is 589. The minimum Gasteiger partial charge on any atom is -0.300 e. The fourth-order valence-electron chi connectivity index (χ4n) is 7.23. The normalized spacial score (nSPS) is 49.0. The molecule has 0 aliphatic heterocycles. The zero-order chi connectivity index (χ0) is 16.4. The van der Waals surface area contributed by atoms with E-state index >= 15 is 0 Å². The number of hydrogen-bond acceptors (Lipinski definition) is 2. The van der Waals surface area contributed by atoms with Crippen LogP contribution in [0.4, 0.5) is 0 Å². The monoisotopic (exact) mass is 314 g/mol. The van der Waals surface area contributed by atoms with Crippen molar-refractivity contribution >= 4 is 11.6 Å². The minimum atomic E-state index is 0.245. The van der Waals surface area contributed by atoms with Crippen LogP contribution >= 0.6 is 0 Å². The molecule has 0 spiro atoms. The third kappa shape index (κ3) is 2.06. The summed E-state index contributed by atoms with van der Waals surface area (Å²) >= 11 is 0. The number of carbonyl (C=O) groups excluding carboxylic acids is 2. The summed E-state index contributed by atoms with van der Waals surface area (Å²) in [6.45, 7) is 6.65. The third-order valence-corrected chi connectivity index (χ3v) is 8.45. The number of fused-ring (bicyclic) bond motifs is 5. The van der Waals surface area contributed by atoms with Gasteiger partial charge in [-0.25, -0.2) is 0 Å². The second-order valence-electron chi connectivity index (χ2n) is 9.25. The molecular weight excluding hydrogens is 284 g/mol. The van der Waals surface area contributed by atoms with Gasteiger partial charge in [0, 0.05) is 12.3 Å². The van der Waals surface area contributed by atoms with Gasteiger partial charge >= 0.3 is 0 Å². The van der Waals surface area contributed by atoms with Crippen LogP contribution in [-0.4, -0.2) is 11.6 Å². The van der Waals surface area contributed by atoms with Gasteiger partial charge in [-0.1, -0.05) is 19.4 Å². The Morgan fingerprint density at radius 1 is 1.04 bits per heavy atom. The van der Waals surface area contributed by atoms with E-state index in [1.807, 2.05) is 6.08 Å². The van der Waals surface area contributed by atoms with Crippen LogP contribution in [0.2, 0.25) is 0 Å². The maximum atomic E-state index is 12.1. The number of ketones is 2. The number of carbonyl (C=O) groups is 2. The van der Waals surface area contributed by atoms with Gasteiger partial charge in [-0.2, -0.15) is 0 Å². The summed E-state index contributed by atoms with van der Waals surface area (Å²) in [7, 11) is 0. The second kappa shape index (κ2) is 5.04. The highest BCUT2D eigenvalue weighted by Gasteiger charge is 2.59. The van der Waals surface area contributed by atoms with Crippen LogP contribution in [0.25, 0.3) is 0 Å². The van der Waals surface area contributed by atoms with Crippen molar-refractivity contribution < 1.29 is 9.59 Å². The highest BCUT2D eigenvalue weighted by atomic mass is 16.1. The molecule has 0 radical (unpaired) electrons. The van der Waals surface area contributed by atoms with Crippen LogP contribution in [0, 0.1) is 34.5 Å². The molecule has 0 amide bonds. The molecule has 2 heteroatoms. The SMILES string of the molecule is CC(=O)[C@H]1CC[C@@H]2[C@@H]3CCC4=CC(=O)CC[C@@]4(C)[C@H]3CC[C@@]12C. The lowest BCUT2D eigenvalue weighted by Gasteiger charge is -2.58. The molecule has 3 fully saturated rings. The van der Waals surface area contributed by atoms with Gasteiger partial charge in [0.25, 0.3) is 0 Å². The molecule has 2 nitrogen and oxygen atoms in total. The largest absolute Gasteiger partial charge is 0.300 e. The Labute approximate surface area is 140 Å². The molecule has 0 aromatic carbocycles. The highest BCUT2D eigenvalue weighted by Crippen LogP contribution is 2.66. The van der Waals surface area contributed by atoms with Crippen molar-refractivity contribution in [1.82, 2.24) is 0 Å². The van der Waals surface area contributed by atoms with E-state index in [1.54, 1.807) is 6.92 Å². The average molecular weight is 314 g/mol. The first kappa shape index (κ1) is 15.6. The molecule has 23 heavy (non-hydrogen) atoms. The molecule has 0 bridgehead atoms. The van der Waals surface area contributed by atoms with E-state index in [4.69, 9.17) is 0 Å². The van der Waals surface area contributed by atoms with Crippen LogP contribution in [0.15, 0.2) is 11.6 Å². The average Bonchev–Trinajstić information content (AvgIpc) is 2.85. The summed E-state index contributed by atoms with van der Waals surface area (Å²) in [5.74, 6) is 3.29. The summed E-state index contributed by atoms with van der Waals surface area (Å²) in [6.07, 6.45) is 10.9. The molecule has 0 heterocycles. The molecule has 3 saturated carbocycles. The van der Waals surface area contributed by atoms with Crippen molar-refractivity contribution in [3.8, 4) is 0 Å². The van der Waals surface area contributed by atoms with Crippen molar-refractivity contribution in [2.45, 2.75) is 72.1 Å². The first-order valence-electron chi connectivity index (χ1n) is 9.60. The van der Waals surface area contributed by atoms with E-state index in [0.29, 0.717) is 17.5 Å². The summed E-state index contributed by atoms with van der Waals surface area (Å²) in [5, 5.41) is 0. The standard InChI is InChI=1S/C21H30O2/c1-13(22)17-6-7-18-16-5-4-14-12-15(23)8-10-20(14,2)19(16)9-11-21(17,18)3/h12,16-19H,4-11H2,1-3H3/t16-,17+,18+,19-,20+,21-/m0/s1. The summed E-state index contributed by atoms with van der Waals surface area (Å²) in [5.41, 5.74) is 1.95. The summed E-state index contributed by atoms with van der Waals surface area (Å²) < 4.78 is 0. The van der Waals surface area contributed by atoms with Crippen LogP contribution in [0.3, 0.4) is 0 Å². The van der Waals surface area contributed by atoms with Crippen molar-refractivity contribution in [3.63, 3.8) is 0 Å². The van der Waals surface area contributed by atoms with Gasteiger partial charge in [0.05, 0.1) is 0 Å². The molecule has 0 aromatic rings. The molecule has 126 valence electrons. The van der Waals surface area contributed by atoms with E-state index in [1.165, 1.54) is 31.3 Å². The van der Waals surface area contributed by atoms with Crippen LogP contribution in [0.1, 0.15) is 72.1 Å². The zero-order valence-electron chi connectivity index (χ0n) is 14.9. The van der Waals surface area contributed by atoms with Gasteiger partial charge in [0.15, 0.2) is 5.78 Å². The lowest BCUT2D eigenvalue weighted by Crippen LogP contribution is -2.51. The number of rotatable bonds is 1. The first-order chi connectivity index (χ1) is 10.9. The fourth-order valence-corrected chi connectivity index (χ4v) is 7.23. The van der Waals surface area contributed by atoms with Crippen LogP contribution < -0.4 is 0 Å². The predicted octanol–water partition coefficient (Wildman–Crippen LogP) is 4.72. The zero-order valence-corrected chi connectivity index (χ0v) is 14.9. The van der Waals surface area contributed by atoms with Gasteiger partial charge in [-0.3, -0.25) is 9.59 Å². The summed E-state index contributed by atoms with van der Waals surface area (Å²) in [4.78, 5) is 24.0. The maximum absolute atomic E-state index is 12.1. The van der Waals surface area contributed by atoms with E-state index < -0.39 is 0 Å². The Morgan fingerprint density at radius 3 is 2.57 bits per heavy atom. The molecular formula is C21H30O2. The quantitative estimate of drug-likeness (QED) is 0.701. The van der Waals surface area contributed by atoms with Crippen LogP contribution in [0.5, 0.6) is 0 Å². The fraction of sp³-hybridized carbons (Fsp3) is 0.810. The molecule has 0 aromatic heterocycles. The van der Waals surface area contributed by atoms with E-state index in [0.717, 1.165) is 43.4 Å². The van der Waals surface area contributed by atoms with Crippen molar-refractivity contribution in [1.29, 1.82) is 0 Å². The number of hydrogen-bond donors (Lipinski definition) is 0. The lowest BCUT2D eigenvalue weighted by atomic mass is 9.47. The minimum absolute atomic E-state index is 0.245. The number of Topliss-reactive ketones (excluding diaryl/α,β-unsaturated/α-hetero) is 1. The van der Waals surface area contributed by atoms with Crippen molar-refractivity contribution in [2.24, 2.45) is 34.5 Å². The molecule has 4 rings (SSSR count). The molecule has 0 unspecified atom stereocenters. The van der Waals surface area contributed by atoms with E-state index in [2.05, 4.69) is 13.8 Å². The summed E-state index contributed by atoms with van der Waals surface area (Å²) in [6, 6.07) is 0. The van der Waals surface area contributed by atoms with Crippen molar-refractivity contribution in [2.75, 3.05) is 0 Å². The Hall–Kier alpha value is -0.920. The van der Waals surface area contributed by atoms with Gasteiger partial charge in [-0.05, 0) is 86.5 Å². The van der Waals surface area contributed by atoms with Crippen LogP contribution in [-0.2, 0) is 9.59 Å². The first-order valence-corrected chi connectivity index (χ1v) is 9.60.